The Morgan fingerprint density at radius 1 is 1.35 bits per heavy atom. The van der Waals surface area contributed by atoms with Crippen LogP contribution in [0.5, 0.6) is 5.75 Å². The van der Waals surface area contributed by atoms with Gasteiger partial charge in [-0.15, -0.1) is 0 Å². The van der Waals surface area contributed by atoms with Gasteiger partial charge in [0.25, 0.3) is 0 Å². The van der Waals surface area contributed by atoms with Crippen molar-refractivity contribution in [3.05, 3.63) is 47.5 Å². The lowest BCUT2D eigenvalue weighted by Crippen LogP contribution is -2.01. The van der Waals surface area contributed by atoms with Crippen molar-refractivity contribution in [2.75, 3.05) is 12.4 Å². The molecule has 0 aliphatic heterocycles. The molecule has 0 aliphatic rings. The molecule has 0 fully saturated rings. The SMILES string of the molecule is COc1cc(NCc2cnccn2)ccc1Cl. The Bertz CT molecular complexity index is 490. The van der Waals surface area contributed by atoms with Crippen molar-refractivity contribution in [1.82, 2.24) is 9.97 Å². The zero-order chi connectivity index (χ0) is 12.1. The Kier molecular flexibility index (Phi) is 3.77. The van der Waals surface area contributed by atoms with Gasteiger partial charge in [0.05, 0.1) is 30.6 Å². The predicted octanol–water partition coefficient (Wildman–Crippen LogP) is 2.75. The summed E-state index contributed by atoms with van der Waals surface area (Å²) in [6.07, 6.45) is 5.04. The highest BCUT2D eigenvalue weighted by Gasteiger charge is 2.01. The molecule has 4 nitrogen and oxygen atoms in total. The molecule has 1 aromatic heterocycles. The number of benzene rings is 1. The molecule has 1 aromatic carbocycles. The van der Waals surface area contributed by atoms with Crippen LogP contribution in [0.4, 0.5) is 5.69 Å². The first-order valence-corrected chi connectivity index (χ1v) is 5.49. The summed E-state index contributed by atoms with van der Waals surface area (Å²) < 4.78 is 5.14. The fourth-order valence-corrected chi connectivity index (χ4v) is 1.58. The zero-order valence-electron chi connectivity index (χ0n) is 9.35. The van der Waals surface area contributed by atoms with Crippen LogP contribution in [0.3, 0.4) is 0 Å². The summed E-state index contributed by atoms with van der Waals surface area (Å²) in [7, 11) is 1.59. The second kappa shape index (κ2) is 5.50. The summed E-state index contributed by atoms with van der Waals surface area (Å²) in [4.78, 5) is 8.17. The van der Waals surface area contributed by atoms with Gasteiger partial charge in [0.2, 0.25) is 0 Å². The van der Waals surface area contributed by atoms with Gasteiger partial charge in [-0.3, -0.25) is 9.97 Å². The minimum Gasteiger partial charge on any atom is -0.495 e. The smallest absolute Gasteiger partial charge is 0.139 e. The molecule has 1 heterocycles. The van der Waals surface area contributed by atoms with Crippen molar-refractivity contribution in [2.45, 2.75) is 6.54 Å². The highest BCUT2D eigenvalue weighted by molar-refractivity contribution is 6.32. The minimum absolute atomic E-state index is 0.595. The van der Waals surface area contributed by atoms with Crippen LogP contribution in [0.25, 0.3) is 0 Å². The van der Waals surface area contributed by atoms with Crippen LogP contribution in [0.2, 0.25) is 5.02 Å². The summed E-state index contributed by atoms with van der Waals surface area (Å²) in [5.74, 6) is 0.649. The number of ether oxygens (including phenoxy) is 1. The van der Waals surface area contributed by atoms with Gasteiger partial charge in [-0.1, -0.05) is 11.6 Å². The van der Waals surface area contributed by atoms with Crippen LogP contribution in [0.15, 0.2) is 36.8 Å². The van der Waals surface area contributed by atoms with Crippen LogP contribution >= 0.6 is 11.6 Å². The highest BCUT2D eigenvalue weighted by atomic mass is 35.5. The van der Waals surface area contributed by atoms with E-state index in [1.165, 1.54) is 0 Å². The van der Waals surface area contributed by atoms with Crippen molar-refractivity contribution >= 4 is 17.3 Å². The summed E-state index contributed by atoms with van der Waals surface area (Å²) in [6.45, 7) is 0.610. The molecular formula is C12H12ClN3O. The van der Waals surface area contributed by atoms with Crippen molar-refractivity contribution in [1.29, 1.82) is 0 Å². The first-order valence-electron chi connectivity index (χ1n) is 5.12. The molecule has 0 unspecified atom stereocenters. The number of anilines is 1. The molecule has 5 heteroatoms. The number of nitrogens with one attached hydrogen (secondary N) is 1. The molecule has 0 saturated heterocycles. The number of rotatable bonds is 4. The van der Waals surface area contributed by atoms with Crippen LogP contribution in [-0.2, 0) is 6.54 Å². The van der Waals surface area contributed by atoms with Crippen molar-refractivity contribution < 1.29 is 4.74 Å². The standard InChI is InChI=1S/C12H12ClN3O/c1-17-12-6-9(2-3-11(12)13)16-8-10-7-14-4-5-15-10/h2-7,16H,8H2,1H3. The van der Waals surface area contributed by atoms with Crippen molar-refractivity contribution in [3.8, 4) is 5.75 Å². The largest absolute Gasteiger partial charge is 0.495 e. The van der Waals surface area contributed by atoms with Gasteiger partial charge in [-0.25, -0.2) is 0 Å². The molecule has 0 amide bonds. The van der Waals surface area contributed by atoms with E-state index in [2.05, 4.69) is 15.3 Å². The fraction of sp³-hybridized carbons (Fsp3) is 0.167. The number of methoxy groups -OCH3 is 1. The molecule has 0 spiro atoms. The Morgan fingerprint density at radius 2 is 2.24 bits per heavy atom. The first-order chi connectivity index (χ1) is 8.29. The molecule has 17 heavy (non-hydrogen) atoms. The lowest BCUT2D eigenvalue weighted by atomic mass is 10.3. The molecule has 88 valence electrons. The quantitative estimate of drug-likeness (QED) is 0.905. The lowest BCUT2D eigenvalue weighted by Gasteiger charge is -2.08. The maximum Gasteiger partial charge on any atom is 0.139 e. The molecule has 2 rings (SSSR count). The Balaban J connectivity index is 2.04. The van der Waals surface area contributed by atoms with Crippen LogP contribution in [0, 0.1) is 0 Å². The topological polar surface area (TPSA) is 47.0 Å². The molecular weight excluding hydrogens is 238 g/mol. The van der Waals surface area contributed by atoms with Gasteiger partial charge in [-0.05, 0) is 12.1 Å². The van der Waals surface area contributed by atoms with E-state index in [9.17, 15) is 0 Å². The third-order valence-electron chi connectivity index (χ3n) is 2.24. The number of nitrogens with zero attached hydrogens (tertiary/aromatic N) is 2. The predicted molar refractivity (Wildman–Crippen MR) is 67.4 cm³/mol. The summed E-state index contributed by atoms with van der Waals surface area (Å²) in [6, 6.07) is 5.53. The maximum absolute atomic E-state index is 5.94. The second-order valence-electron chi connectivity index (χ2n) is 3.40. The maximum atomic E-state index is 5.94. The molecule has 0 radical (unpaired) electrons. The second-order valence-corrected chi connectivity index (χ2v) is 3.81. The normalized spacial score (nSPS) is 10.0. The molecule has 0 atom stereocenters. The first kappa shape index (κ1) is 11.7. The minimum atomic E-state index is 0.595. The van der Waals surface area contributed by atoms with E-state index < -0.39 is 0 Å². The average Bonchev–Trinajstić information content (AvgIpc) is 2.39. The Morgan fingerprint density at radius 3 is 2.94 bits per heavy atom. The molecule has 0 bridgehead atoms. The van der Waals surface area contributed by atoms with Gasteiger partial charge < -0.3 is 10.1 Å². The zero-order valence-corrected chi connectivity index (χ0v) is 10.1. The molecule has 1 N–H and O–H groups in total. The van der Waals surface area contributed by atoms with E-state index in [0.717, 1.165) is 11.4 Å². The van der Waals surface area contributed by atoms with E-state index in [0.29, 0.717) is 17.3 Å². The van der Waals surface area contributed by atoms with Gasteiger partial charge in [0, 0.05) is 24.1 Å². The van der Waals surface area contributed by atoms with Crippen LogP contribution < -0.4 is 10.1 Å². The number of hydrogen-bond donors (Lipinski definition) is 1. The lowest BCUT2D eigenvalue weighted by molar-refractivity contribution is 0.415. The monoisotopic (exact) mass is 249 g/mol. The van der Waals surface area contributed by atoms with Gasteiger partial charge in [0.1, 0.15) is 5.75 Å². The van der Waals surface area contributed by atoms with E-state index in [-0.39, 0.29) is 0 Å². The number of halogens is 1. The number of aromatic nitrogens is 2. The van der Waals surface area contributed by atoms with Crippen LogP contribution in [0.1, 0.15) is 5.69 Å². The van der Waals surface area contributed by atoms with E-state index >= 15 is 0 Å². The van der Waals surface area contributed by atoms with Crippen LogP contribution in [-0.4, -0.2) is 17.1 Å². The van der Waals surface area contributed by atoms with Crippen molar-refractivity contribution in [3.63, 3.8) is 0 Å². The molecule has 0 aliphatic carbocycles. The van der Waals surface area contributed by atoms with E-state index in [1.807, 2.05) is 12.1 Å². The third kappa shape index (κ3) is 3.07. The summed E-state index contributed by atoms with van der Waals surface area (Å²) in [5.41, 5.74) is 1.80. The summed E-state index contributed by atoms with van der Waals surface area (Å²) in [5, 5.41) is 3.82. The Labute approximate surface area is 105 Å². The number of hydrogen-bond acceptors (Lipinski definition) is 4. The van der Waals surface area contributed by atoms with E-state index in [4.69, 9.17) is 16.3 Å². The fourth-order valence-electron chi connectivity index (χ4n) is 1.38. The third-order valence-corrected chi connectivity index (χ3v) is 2.55. The summed E-state index contributed by atoms with van der Waals surface area (Å²) >= 11 is 5.94. The molecule has 0 saturated carbocycles. The molecule has 2 aromatic rings. The Hall–Kier alpha value is -1.81. The van der Waals surface area contributed by atoms with E-state index in [1.54, 1.807) is 31.8 Å². The van der Waals surface area contributed by atoms with Crippen molar-refractivity contribution in [2.24, 2.45) is 0 Å². The van der Waals surface area contributed by atoms with Gasteiger partial charge >= 0.3 is 0 Å². The highest BCUT2D eigenvalue weighted by Crippen LogP contribution is 2.27. The van der Waals surface area contributed by atoms with Gasteiger partial charge in [0.15, 0.2) is 0 Å². The van der Waals surface area contributed by atoms with Gasteiger partial charge in [-0.2, -0.15) is 0 Å². The average molecular weight is 250 g/mol.